The van der Waals surface area contributed by atoms with Crippen molar-refractivity contribution in [3.05, 3.63) is 0 Å². The summed E-state index contributed by atoms with van der Waals surface area (Å²) in [6.45, 7) is 0. The van der Waals surface area contributed by atoms with Crippen LogP contribution in [0.25, 0.3) is 0 Å². The second-order valence-corrected chi connectivity index (χ2v) is 3.16. The summed E-state index contributed by atoms with van der Waals surface area (Å²) >= 11 is 0. The van der Waals surface area contributed by atoms with Crippen molar-refractivity contribution in [3.63, 3.8) is 0 Å². The summed E-state index contributed by atoms with van der Waals surface area (Å²) in [7, 11) is -5.92. The van der Waals surface area contributed by atoms with Gasteiger partial charge >= 0.3 is 62.8 Å². The van der Waals surface area contributed by atoms with Gasteiger partial charge in [-0.25, -0.2) is 13.6 Å². The molecule has 0 aliphatic heterocycles. The number of hydrogen-bond donors (Lipinski definition) is 1. The van der Waals surface area contributed by atoms with Crippen molar-refractivity contribution < 1.29 is 30.4 Å². The molecule has 0 aromatic heterocycles. The molecule has 0 heterocycles. The molecule has 0 radical (unpaired) electrons. The van der Waals surface area contributed by atoms with Gasteiger partial charge in [0.25, 0.3) is 10.0 Å². The Morgan fingerprint density at radius 1 is 1.00 bits per heavy atom. The second kappa shape index (κ2) is 4.15. The van der Waals surface area contributed by atoms with Crippen LogP contribution in [-0.4, -0.2) is 71.2 Å². The van der Waals surface area contributed by atoms with Gasteiger partial charge in [-0.2, -0.15) is 22.0 Å². The van der Waals surface area contributed by atoms with Crippen molar-refractivity contribution in [2.24, 2.45) is 5.14 Å². The number of rotatable bonds is 1. The zero-order valence-corrected chi connectivity index (χ0v) is 5.51. The molecule has 0 saturated carbocycles. The Morgan fingerprint density at radius 2 is 1.25 bits per heavy atom. The number of halogens is 5. The van der Waals surface area contributed by atoms with Crippen LogP contribution < -0.4 is 5.14 Å². The first-order valence-electron chi connectivity index (χ1n) is 1.97. The van der Waals surface area contributed by atoms with Gasteiger partial charge < -0.3 is 0 Å². The van der Waals surface area contributed by atoms with Crippen molar-refractivity contribution >= 4 is 61.4 Å². The molecule has 10 heteroatoms. The summed E-state index contributed by atoms with van der Waals surface area (Å²) in [4.78, 5) is 0. The first-order chi connectivity index (χ1) is 4.50. The summed E-state index contributed by atoms with van der Waals surface area (Å²) in [5.41, 5.74) is 0. The number of alkyl halides is 5. The van der Waals surface area contributed by atoms with E-state index >= 15 is 0 Å². The first kappa shape index (κ1) is 15.7. The molecule has 0 aliphatic carbocycles. The molecule has 12 heavy (non-hydrogen) atoms. The van der Waals surface area contributed by atoms with E-state index < -0.39 is 21.5 Å². The minimum absolute atomic E-state index is 0. The van der Waals surface area contributed by atoms with Gasteiger partial charge in [-0.1, -0.05) is 0 Å². The SMILES string of the molecule is NS(=O)(=O)C(F)(F)C(F)(F)F.[KH]. The topological polar surface area (TPSA) is 60.2 Å². The molecule has 70 valence electrons. The van der Waals surface area contributed by atoms with Gasteiger partial charge in [0, 0.05) is 0 Å². The van der Waals surface area contributed by atoms with Crippen molar-refractivity contribution in [1.29, 1.82) is 0 Å². The van der Waals surface area contributed by atoms with Gasteiger partial charge in [0.05, 0.1) is 0 Å². The van der Waals surface area contributed by atoms with E-state index in [1.165, 1.54) is 0 Å². The molecular weight excluding hydrogens is 236 g/mol. The minimum atomic E-state index is -6.17. The van der Waals surface area contributed by atoms with Crippen LogP contribution in [0.3, 0.4) is 0 Å². The number of nitrogens with two attached hydrogens (primary N) is 1. The van der Waals surface area contributed by atoms with Crippen molar-refractivity contribution in [3.8, 4) is 0 Å². The van der Waals surface area contributed by atoms with Crippen LogP contribution in [0.4, 0.5) is 22.0 Å². The zero-order chi connectivity index (χ0) is 9.50. The molecule has 3 nitrogen and oxygen atoms in total. The third kappa shape index (κ3) is 3.16. The average molecular weight is 239 g/mol. The van der Waals surface area contributed by atoms with E-state index in [2.05, 4.69) is 5.14 Å². The van der Waals surface area contributed by atoms with Gasteiger partial charge in [-0.3, -0.25) is 0 Å². The molecule has 0 unspecified atom stereocenters. The fourth-order valence-corrected chi connectivity index (χ4v) is 0.484. The fraction of sp³-hybridized carbons (Fsp3) is 1.00. The Morgan fingerprint density at radius 3 is 1.25 bits per heavy atom. The molecule has 0 saturated heterocycles. The summed E-state index contributed by atoms with van der Waals surface area (Å²) in [6.07, 6.45) is -6.17. The van der Waals surface area contributed by atoms with E-state index in [1.54, 1.807) is 0 Å². The Bertz CT molecular complexity index is 245. The van der Waals surface area contributed by atoms with E-state index in [0.29, 0.717) is 0 Å². The number of primary sulfonamides is 1. The second-order valence-electron chi connectivity index (χ2n) is 1.56. The Labute approximate surface area is 107 Å². The maximum absolute atomic E-state index is 11.6. The summed E-state index contributed by atoms with van der Waals surface area (Å²) < 4.78 is 75.8. The Balaban J connectivity index is 0. The van der Waals surface area contributed by atoms with Crippen molar-refractivity contribution in [1.82, 2.24) is 0 Å². The summed E-state index contributed by atoms with van der Waals surface area (Å²) in [6, 6.07) is 0. The standard InChI is InChI=1S/C2H2F5NO2S.K.H/c3-1(4,5)2(6,7)11(8,9)10;;/h(H2,8,9,10);;. The van der Waals surface area contributed by atoms with E-state index in [4.69, 9.17) is 0 Å². The van der Waals surface area contributed by atoms with Crippen LogP contribution in [0.2, 0.25) is 0 Å². The third-order valence-corrected chi connectivity index (χ3v) is 1.63. The molecule has 0 aliphatic rings. The van der Waals surface area contributed by atoms with Gasteiger partial charge in [0.1, 0.15) is 0 Å². The normalized spacial score (nSPS) is 13.8. The molecule has 0 amide bonds. The van der Waals surface area contributed by atoms with Crippen molar-refractivity contribution in [2.45, 2.75) is 11.4 Å². The Kier molecular flexibility index (Phi) is 5.41. The molecule has 0 spiro atoms. The molecule has 0 rings (SSSR count). The van der Waals surface area contributed by atoms with Crippen LogP contribution in [0.5, 0.6) is 0 Å². The molecule has 2 N–H and O–H groups in total. The van der Waals surface area contributed by atoms with Gasteiger partial charge in [-0.15, -0.1) is 0 Å². The summed E-state index contributed by atoms with van der Waals surface area (Å²) in [5, 5.41) is -2.27. The molecule has 0 aromatic rings. The molecule has 0 fully saturated rings. The van der Waals surface area contributed by atoms with E-state index in [0.717, 1.165) is 0 Å². The third-order valence-electron chi connectivity index (χ3n) is 0.687. The van der Waals surface area contributed by atoms with E-state index in [-0.39, 0.29) is 51.4 Å². The molecule has 0 atom stereocenters. The van der Waals surface area contributed by atoms with Crippen LogP contribution in [-0.2, 0) is 10.0 Å². The predicted molar refractivity (Wildman–Crippen MR) is 31.3 cm³/mol. The monoisotopic (exact) mass is 239 g/mol. The quantitative estimate of drug-likeness (QED) is 0.508. The molecule has 0 bridgehead atoms. The Hall–Kier alpha value is 1.20. The predicted octanol–water partition coefficient (Wildman–Crippen LogP) is -0.218. The van der Waals surface area contributed by atoms with Gasteiger partial charge in [-0.05, 0) is 0 Å². The number of hydrogen-bond acceptors (Lipinski definition) is 2. The number of sulfonamides is 1. The van der Waals surface area contributed by atoms with Crippen LogP contribution in [0.15, 0.2) is 0 Å². The van der Waals surface area contributed by atoms with Crippen LogP contribution in [0, 0.1) is 0 Å². The molecular formula is C2H3F5KNO2S. The first-order valence-corrected chi connectivity index (χ1v) is 3.51. The molecule has 0 aromatic carbocycles. The maximum atomic E-state index is 11.6. The van der Waals surface area contributed by atoms with Crippen molar-refractivity contribution in [2.75, 3.05) is 0 Å². The zero-order valence-electron chi connectivity index (χ0n) is 4.69. The average Bonchev–Trinajstić information content (AvgIpc) is 1.58. The van der Waals surface area contributed by atoms with Gasteiger partial charge in [0.15, 0.2) is 0 Å². The van der Waals surface area contributed by atoms with Crippen LogP contribution in [0.1, 0.15) is 0 Å². The van der Waals surface area contributed by atoms with E-state index in [9.17, 15) is 30.4 Å². The van der Waals surface area contributed by atoms with Gasteiger partial charge in [0.2, 0.25) is 0 Å². The van der Waals surface area contributed by atoms with E-state index in [1.807, 2.05) is 0 Å². The summed E-state index contributed by atoms with van der Waals surface area (Å²) in [5.74, 6) is 0. The van der Waals surface area contributed by atoms with Crippen LogP contribution >= 0.6 is 0 Å². The fourth-order valence-electron chi connectivity index (χ4n) is 0.161.